The van der Waals surface area contributed by atoms with Crippen molar-refractivity contribution in [1.82, 2.24) is 29.4 Å². The SMILES string of the molecule is CNc1cc(Nc2cc#cn(-c3ccc(C(=O)N(C)C)cc3)c2=O)nn2c(C(=O)NCC(C)(C)CO)cnc12. The highest BCUT2D eigenvalue weighted by atomic mass is 16.3. The van der Waals surface area contributed by atoms with Gasteiger partial charge in [0.05, 0.1) is 17.6 Å². The number of aromatic nitrogens is 4. The number of imidazole rings is 1. The summed E-state index contributed by atoms with van der Waals surface area (Å²) in [5.41, 5.74) is 1.46. The molecule has 1 aromatic carbocycles. The molecule has 0 bridgehead atoms. The third-order valence-electron chi connectivity index (χ3n) is 5.99. The number of amides is 2. The van der Waals surface area contributed by atoms with Crippen molar-refractivity contribution in [1.29, 1.82) is 0 Å². The fraction of sp³-hybridized carbons (Fsp3) is 0.296. The lowest BCUT2D eigenvalue weighted by Crippen LogP contribution is -2.36. The summed E-state index contributed by atoms with van der Waals surface area (Å²) >= 11 is 0. The van der Waals surface area contributed by atoms with E-state index in [0.717, 1.165) is 0 Å². The molecule has 0 radical (unpaired) electrons. The number of aliphatic hydroxyl groups excluding tert-OH is 1. The number of benzene rings is 1. The fourth-order valence-corrected chi connectivity index (χ4v) is 3.66. The first-order chi connectivity index (χ1) is 18.5. The summed E-state index contributed by atoms with van der Waals surface area (Å²) in [6.45, 7) is 3.84. The maximum atomic E-state index is 13.3. The fourth-order valence-electron chi connectivity index (χ4n) is 3.66. The van der Waals surface area contributed by atoms with Gasteiger partial charge in [-0.2, -0.15) is 0 Å². The van der Waals surface area contributed by atoms with Crippen LogP contribution in [0, 0.1) is 17.7 Å². The number of hydrogen-bond donors (Lipinski definition) is 4. The molecule has 0 aliphatic rings. The van der Waals surface area contributed by atoms with Crippen molar-refractivity contribution in [2.75, 3.05) is 44.9 Å². The monoisotopic (exact) mass is 530 g/mol. The van der Waals surface area contributed by atoms with Crippen LogP contribution in [0.3, 0.4) is 0 Å². The van der Waals surface area contributed by atoms with E-state index in [9.17, 15) is 19.5 Å². The van der Waals surface area contributed by atoms with Gasteiger partial charge in [-0.25, -0.2) is 14.1 Å². The number of nitrogens with zero attached hydrogens (tertiary/aromatic N) is 5. The van der Waals surface area contributed by atoms with Crippen LogP contribution in [0.5, 0.6) is 0 Å². The number of rotatable bonds is 9. The molecule has 0 saturated carbocycles. The molecule has 4 N–H and O–H groups in total. The molecule has 202 valence electrons. The van der Waals surface area contributed by atoms with Crippen molar-refractivity contribution in [3.8, 4) is 5.69 Å². The zero-order valence-corrected chi connectivity index (χ0v) is 22.4. The first-order valence-electron chi connectivity index (χ1n) is 12.1. The average Bonchev–Trinajstić information content (AvgIpc) is 3.36. The minimum Gasteiger partial charge on any atom is -0.396 e. The van der Waals surface area contributed by atoms with E-state index in [1.807, 2.05) is 13.8 Å². The Bertz CT molecular complexity index is 1570. The minimum atomic E-state index is -0.491. The number of carbonyl (C=O) groups excluding carboxylic acids is 2. The zero-order chi connectivity index (χ0) is 28.3. The first kappa shape index (κ1) is 27.2. The normalized spacial score (nSPS) is 11.1. The molecule has 0 fully saturated rings. The molecule has 39 heavy (non-hydrogen) atoms. The lowest BCUT2D eigenvalue weighted by atomic mass is 9.95. The zero-order valence-electron chi connectivity index (χ0n) is 22.4. The van der Waals surface area contributed by atoms with Crippen molar-refractivity contribution in [3.63, 3.8) is 0 Å². The number of nitrogens with one attached hydrogen (secondary N) is 3. The van der Waals surface area contributed by atoms with Gasteiger partial charge < -0.3 is 26.0 Å². The van der Waals surface area contributed by atoms with Gasteiger partial charge in [-0.15, -0.1) is 5.10 Å². The number of aliphatic hydroxyl groups is 1. The third kappa shape index (κ3) is 5.68. The van der Waals surface area contributed by atoms with E-state index in [1.165, 1.54) is 26.2 Å². The summed E-state index contributed by atoms with van der Waals surface area (Å²) in [6, 6.07) is 12.5. The molecule has 4 rings (SSSR count). The van der Waals surface area contributed by atoms with Crippen molar-refractivity contribution < 1.29 is 14.7 Å². The molecule has 12 heteroatoms. The van der Waals surface area contributed by atoms with Crippen LogP contribution in [0.1, 0.15) is 34.7 Å². The Balaban J connectivity index is 1.65. The van der Waals surface area contributed by atoms with E-state index < -0.39 is 16.9 Å². The van der Waals surface area contributed by atoms with Gasteiger partial charge in [0.15, 0.2) is 17.2 Å². The van der Waals surface area contributed by atoms with E-state index in [4.69, 9.17) is 0 Å². The second kappa shape index (κ2) is 10.8. The van der Waals surface area contributed by atoms with Gasteiger partial charge in [0, 0.05) is 63.6 Å². The molecule has 4 aromatic rings. The Kier molecular flexibility index (Phi) is 7.55. The Morgan fingerprint density at radius 3 is 2.51 bits per heavy atom. The van der Waals surface area contributed by atoms with Crippen LogP contribution in [-0.4, -0.2) is 75.3 Å². The van der Waals surface area contributed by atoms with Crippen molar-refractivity contribution in [2.45, 2.75) is 13.8 Å². The van der Waals surface area contributed by atoms with E-state index in [1.54, 1.807) is 51.5 Å². The van der Waals surface area contributed by atoms with Crippen LogP contribution in [0.4, 0.5) is 17.2 Å². The summed E-state index contributed by atoms with van der Waals surface area (Å²) in [7, 11) is 5.04. The largest absolute Gasteiger partial charge is 0.396 e. The van der Waals surface area contributed by atoms with E-state index >= 15 is 0 Å². The topological polar surface area (TPSA) is 146 Å². The highest BCUT2D eigenvalue weighted by molar-refractivity contribution is 5.94. The van der Waals surface area contributed by atoms with Gasteiger partial charge in [0.2, 0.25) is 0 Å². The molecular formula is C27H30N8O4. The summed E-state index contributed by atoms with van der Waals surface area (Å²) in [6.07, 6.45) is 4.19. The van der Waals surface area contributed by atoms with E-state index in [2.05, 4.69) is 38.3 Å². The molecule has 0 saturated heterocycles. The first-order valence-corrected chi connectivity index (χ1v) is 12.1. The maximum Gasteiger partial charge on any atom is 0.287 e. The van der Waals surface area contributed by atoms with Gasteiger partial charge in [0.25, 0.3) is 17.4 Å². The van der Waals surface area contributed by atoms with Gasteiger partial charge in [-0.05, 0) is 30.3 Å². The standard InChI is InChI=1S/C27H30N8O4/c1-27(2,16-36)15-30-24(37)21-14-29-23-20(28-3)13-22(32-35(21)23)31-19-7-6-12-34(26(19)39)18-10-8-17(9-11-18)25(38)33(4)5/h7-11,13-14,28,36H,15-16H2,1-5H3,(H,30,37)(H,31,32). The Labute approximate surface area is 225 Å². The highest BCUT2D eigenvalue weighted by Gasteiger charge is 2.21. The molecule has 0 atom stereocenters. The number of fused-ring (bicyclic) bond motifs is 1. The summed E-state index contributed by atoms with van der Waals surface area (Å²) < 4.78 is 2.66. The molecule has 3 aromatic heterocycles. The smallest absolute Gasteiger partial charge is 0.287 e. The van der Waals surface area contributed by atoms with Crippen molar-refractivity contribution >= 4 is 34.7 Å². The maximum absolute atomic E-state index is 13.3. The molecule has 0 aliphatic heterocycles. The van der Waals surface area contributed by atoms with Gasteiger partial charge in [0.1, 0.15) is 5.69 Å². The quantitative estimate of drug-likeness (QED) is 0.256. The van der Waals surface area contributed by atoms with Gasteiger partial charge in [-0.1, -0.05) is 13.8 Å². The third-order valence-corrected chi connectivity index (χ3v) is 5.99. The number of carbonyl (C=O) groups is 2. The lowest BCUT2D eigenvalue weighted by molar-refractivity contribution is 0.0827. The number of anilines is 3. The lowest BCUT2D eigenvalue weighted by Gasteiger charge is -2.21. The van der Waals surface area contributed by atoms with E-state index in [-0.39, 0.29) is 36.3 Å². The Hall–Kier alpha value is -4.89. The highest BCUT2D eigenvalue weighted by Crippen LogP contribution is 2.22. The Morgan fingerprint density at radius 1 is 1.15 bits per heavy atom. The second-order valence-corrected chi connectivity index (χ2v) is 9.90. The summed E-state index contributed by atoms with van der Waals surface area (Å²) in [5.74, 6) is -0.270. The minimum absolute atomic E-state index is 0.0853. The van der Waals surface area contributed by atoms with Crippen LogP contribution in [-0.2, 0) is 0 Å². The van der Waals surface area contributed by atoms with Crippen LogP contribution >= 0.6 is 0 Å². The van der Waals surface area contributed by atoms with Crippen molar-refractivity contribution in [2.24, 2.45) is 5.41 Å². The molecule has 2 amide bonds. The van der Waals surface area contributed by atoms with Crippen LogP contribution in [0.25, 0.3) is 11.3 Å². The molecule has 12 nitrogen and oxygen atoms in total. The van der Waals surface area contributed by atoms with Crippen LogP contribution < -0.4 is 21.5 Å². The Morgan fingerprint density at radius 2 is 1.87 bits per heavy atom. The molecule has 0 unspecified atom stereocenters. The van der Waals surface area contributed by atoms with Gasteiger partial charge in [-0.3, -0.25) is 14.4 Å². The predicted octanol–water partition coefficient (Wildman–Crippen LogP) is 1.72. The number of hydrogen-bond acceptors (Lipinski definition) is 8. The second-order valence-electron chi connectivity index (χ2n) is 9.90. The van der Waals surface area contributed by atoms with Crippen LogP contribution in [0.15, 0.2) is 47.4 Å². The predicted molar refractivity (Wildman–Crippen MR) is 147 cm³/mol. The molecule has 3 heterocycles. The van der Waals surface area contributed by atoms with Gasteiger partial charge >= 0.3 is 0 Å². The van der Waals surface area contributed by atoms with Crippen molar-refractivity contribution in [3.05, 3.63) is 76.5 Å². The summed E-state index contributed by atoms with van der Waals surface area (Å²) in [4.78, 5) is 44.1. The molecule has 0 spiro atoms. The van der Waals surface area contributed by atoms with E-state index in [0.29, 0.717) is 22.6 Å². The molecule has 0 aliphatic carbocycles. The molecular weight excluding hydrogens is 500 g/mol. The summed E-state index contributed by atoms with van der Waals surface area (Å²) in [5, 5.41) is 22.8. The van der Waals surface area contributed by atoms with Crippen LogP contribution in [0.2, 0.25) is 0 Å². The average molecular weight is 531 g/mol.